The topological polar surface area (TPSA) is 12.0 Å². The van der Waals surface area contributed by atoms with Crippen molar-refractivity contribution in [3.63, 3.8) is 0 Å². The molecule has 4 heteroatoms. The monoisotopic (exact) mass is 261 g/mol. The number of halogens is 3. The van der Waals surface area contributed by atoms with Crippen LogP contribution >= 0.6 is 15.9 Å². The van der Waals surface area contributed by atoms with E-state index in [9.17, 15) is 8.78 Å². The van der Waals surface area contributed by atoms with E-state index in [1.54, 1.807) is 12.1 Å². The summed E-state index contributed by atoms with van der Waals surface area (Å²) in [7, 11) is 0. The summed E-state index contributed by atoms with van der Waals surface area (Å²) in [5.74, 6) is -0.335. The quantitative estimate of drug-likeness (QED) is 0.879. The largest absolute Gasteiger partial charge is 0.382 e. The Morgan fingerprint density at radius 2 is 2.14 bits per heavy atom. The molecule has 0 saturated heterocycles. The summed E-state index contributed by atoms with van der Waals surface area (Å²) in [6.07, 6.45) is 1.22. The molecule has 0 unspecified atom stereocenters. The number of hydrogen-bond donors (Lipinski definition) is 1. The molecule has 76 valence electrons. The van der Waals surface area contributed by atoms with Crippen molar-refractivity contribution in [1.82, 2.24) is 0 Å². The lowest BCUT2D eigenvalue weighted by Gasteiger charge is -2.09. The Bertz CT molecular complexity index is 350. The molecule has 2 rings (SSSR count). The van der Waals surface area contributed by atoms with Crippen molar-refractivity contribution in [2.75, 3.05) is 11.9 Å². The van der Waals surface area contributed by atoms with Gasteiger partial charge in [0.15, 0.2) is 0 Å². The first-order valence-electron chi connectivity index (χ1n) is 4.47. The highest BCUT2D eigenvalue weighted by Gasteiger charge is 2.42. The van der Waals surface area contributed by atoms with Gasteiger partial charge in [-0.3, -0.25) is 0 Å². The lowest BCUT2D eigenvalue weighted by atomic mass is 10.3. The first-order valence-corrected chi connectivity index (χ1v) is 5.26. The fourth-order valence-electron chi connectivity index (χ4n) is 1.18. The van der Waals surface area contributed by atoms with Crippen LogP contribution in [0.3, 0.4) is 0 Å². The zero-order chi connectivity index (χ0) is 10.2. The number of rotatable bonds is 3. The van der Waals surface area contributed by atoms with Crippen molar-refractivity contribution in [3.05, 3.63) is 28.5 Å². The Morgan fingerprint density at radius 3 is 2.71 bits per heavy atom. The molecule has 0 amide bonds. The Morgan fingerprint density at radius 1 is 1.43 bits per heavy atom. The molecule has 0 spiro atoms. The Balaban J connectivity index is 1.99. The molecular weight excluding hydrogens is 252 g/mol. The zero-order valence-electron chi connectivity index (χ0n) is 7.49. The van der Waals surface area contributed by atoms with Crippen LogP contribution in [0, 0.1) is 5.82 Å². The predicted octanol–water partition coefficient (Wildman–Crippen LogP) is 3.50. The molecule has 1 fully saturated rings. The summed E-state index contributed by atoms with van der Waals surface area (Å²) in [6, 6.07) is 4.68. The van der Waals surface area contributed by atoms with E-state index in [0.717, 1.165) is 0 Å². The van der Waals surface area contributed by atoms with Gasteiger partial charge in [-0.05, 0) is 47.0 Å². The molecule has 1 aromatic carbocycles. The molecule has 0 atom stereocenters. The number of benzene rings is 1. The summed E-state index contributed by atoms with van der Waals surface area (Å²) in [5, 5.41) is 2.88. The lowest BCUT2D eigenvalue weighted by Crippen LogP contribution is -2.15. The van der Waals surface area contributed by atoms with Gasteiger partial charge in [0.05, 0.1) is 4.47 Å². The van der Waals surface area contributed by atoms with Crippen LogP contribution in [0.4, 0.5) is 14.5 Å². The van der Waals surface area contributed by atoms with Gasteiger partial charge in [0.2, 0.25) is 0 Å². The van der Waals surface area contributed by atoms with E-state index in [-0.39, 0.29) is 12.4 Å². The molecule has 1 N–H and O–H groups in total. The van der Waals surface area contributed by atoms with Crippen LogP contribution in [0.5, 0.6) is 0 Å². The normalized spacial score (nSPS) is 17.9. The fraction of sp³-hybridized carbons (Fsp3) is 0.400. The Labute approximate surface area is 89.6 Å². The molecule has 0 bridgehead atoms. The minimum atomic E-state index is -1.05. The second-order valence-corrected chi connectivity index (χ2v) is 4.49. The standard InChI is InChI=1S/C10H10BrF2N/c11-8-2-1-7(5-9(8)12)14-6-10(13)3-4-10/h1-2,5,14H,3-4,6H2. The Kier molecular flexibility index (Phi) is 2.47. The van der Waals surface area contributed by atoms with Crippen LogP contribution in [0.25, 0.3) is 0 Å². The highest BCUT2D eigenvalue weighted by Crippen LogP contribution is 2.39. The first kappa shape index (κ1) is 9.90. The average Bonchev–Trinajstić information content (AvgIpc) is 2.87. The van der Waals surface area contributed by atoms with Gasteiger partial charge < -0.3 is 5.32 Å². The zero-order valence-corrected chi connectivity index (χ0v) is 9.07. The van der Waals surface area contributed by atoms with Crippen molar-refractivity contribution in [3.8, 4) is 0 Å². The molecule has 0 aliphatic heterocycles. The minimum absolute atomic E-state index is 0.272. The number of alkyl halides is 1. The SMILES string of the molecule is Fc1cc(NCC2(F)CC2)ccc1Br. The van der Waals surface area contributed by atoms with Gasteiger partial charge in [-0.2, -0.15) is 0 Å². The molecule has 1 aromatic rings. The van der Waals surface area contributed by atoms with E-state index in [4.69, 9.17) is 0 Å². The second-order valence-electron chi connectivity index (χ2n) is 3.63. The first-order chi connectivity index (χ1) is 6.59. The minimum Gasteiger partial charge on any atom is -0.382 e. The highest BCUT2D eigenvalue weighted by molar-refractivity contribution is 9.10. The van der Waals surface area contributed by atoms with Crippen LogP contribution in [-0.4, -0.2) is 12.2 Å². The third kappa shape index (κ3) is 2.23. The summed E-state index contributed by atoms with van der Waals surface area (Å²) in [5.41, 5.74) is -0.432. The average molecular weight is 262 g/mol. The van der Waals surface area contributed by atoms with Crippen LogP contribution in [0.1, 0.15) is 12.8 Å². The maximum Gasteiger partial charge on any atom is 0.139 e. The summed E-state index contributed by atoms with van der Waals surface area (Å²) in [6.45, 7) is 0.272. The van der Waals surface area contributed by atoms with E-state index < -0.39 is 5.67 Å². The predicted molar refractivity (Wildman–Crippen MR) is 55.7 cm³/mol. The fourth-order valence-corrected chi connectivity index (χ4v) is 1.43. The van der Waals surface area contributed by atoms with Crippen molar-refractivity contribution in [2.24, 2.45) is 0 Å². The van der Waals surface area contributed by atoms with Gasteiger partial charge in [0.1, 0.15) is 11.5 Å². The molecule has 1 nitrogen and oxygen atoms in total. The van der Waals surface area contributed by atoms with E-state index in [1.807, 2.05) is 0 Å². The van der Waals surface area contributed by atoms with E-state index >= 15 is 0 Å². The molecule has 14 heavy (non-hydrogen) atoms. The summed E-state index contributed by atoms with van der Waals surface area (Å²) in [4.78, 5) is 0. The van der Waals surface area contributed by atoms with Crippen molar-refractivity contribution < 1.29 is 8.78 Å². The third-order valence-corrected chi connectivity index (χ3v) is 2.96. The lowest BCUT2D eigenvalue weighted by molar-refractivity contribution is 0.326. The summed E-state index contributed by atoms with van der Waals surface area (Å²) >= 11 is 3.06. The number of hydrogen-bond acceptors (Lipinski definition) is 1. The highest BCUT2D eigenvalue weighted by atomic mass is 79.9. The van der Waals surface area contributed by atoms with Crippen molar-refractivity contribution in [2.45, 2.75) is 18.5 Å². The van der Waals surface area contributed by atoms with E-state index in [1.165, 1.54) is 6.07 Å². The Hall–Kier alpha value is -0.640. The van der Waals surface area contributed by atoms with E-state index in [2.05, 4.69) is 21.2 Å². The number of anilines is 1. The maximum absolute atomic E-state index is 13.2. The van der Waals surface area contributed by atoms with E-state index in [0.29, 0.717) is 23.0 Å². The van der Waals surface area contributed by atoms with Crippen molar-refractivity contribution in [1.29, 1.82) is 0 Å². The molecule has 0 aromatic heterocycles. The number of nitrogens with one attached hydrogen (secondary N) is 1. The molecule has 0 radical (unpaired) electrons. The second kappa shape index (κ2) is 3.50. The van der Waals surface area contributed by atoms with Gasteiger partial charge in [-0.25, -0.2) is 8.78 Å². The van der Waals surface area contributed by atoms with Crippen LogP contribution in [0.15, 0.2) is 22.7 Å². The van der Waals surface area contributed by atoms with Gasteiger partial charge >= 0.3 is 0 Å². The van der Waals surface area contributed by atoms with Crippen LogP contribution in [-0.2, 0) is 0 Å². The van der Waals surface area contributed by atoms with Gasteiger partial charge in [-0.15, -0.1) is 0 Å². The van der Waals surface area contributed by atoms with Crippen LogP contribution in [0.2, 0.25) is 0 Å². The molecule has 1 aliphatic rings. The molecule has 0 heterocycles. The molecular formula is C10H10BrF2N. The van der Waals surface area contributed by atoms with Crippen LogP contribution < -0.4 is 5.32 Å². The maximum atomic E-state index is 13.2. The third-order valence-electron chi connectivity index (χ3n) is 2.32. The van der Waals surface area contributed by atoms with Gasteiger partial charge in [-0.1, -0.05) is 0 Å². The van der Waals surface area contributed by atoms with Gasteiger partial charge in [0.25, 0.3) is 0 Å². The smallest absolute Gasteiger partial charge is 0.139 e. The van der Waals surface area contributed by atoms with Crippen molar-refractivity contribution >= 4 is 21.6 Å². The van der Waals surface area contributed by atoms with Gasteiger partial charge in [0, 0.05) is 12.2 Å². The molecule has 1 saturated carbocycles. The molecule has 1 aliphatic carbocycles. The summed E-state index contributed by atoms with van der Waals surface area (Å²) < 4.78 is 26.7.